The summed E-state index contributed by atoms with van der Waals surface area (Å²) in [5.74, 6) is -0.229. The minimum atomic E-state index is -0.646. The van der Waals surface area contributed by atoms with Crippen LogP contribution in [0.3, 0.4) is 0 Å². The topological polar surface area (TPSA) is 49.4 Å². The van der Waals surface area contributed by atoms with Crippen LogP contribution in [0.2, 0.25) is 5.02 Å². The first kappa shape index (κ1) is 25.5. The summed E-state index contributed by atoms with van der Waals surface area (Å²) in [4.78, 5) is 29.0. The fraction of sp³-hybridized carbons (Fsp3) is 0.310. The smallest absolute Gasteiger partial charge is 0.243 e. The lowest BCUT2D eigenvalue weighted by atomic mass is 10.00. The minimum absolute atomic E-state index is 0.0188. The second-order valence-corrected chi connectivity index (χ2v) is 9.21. The number of aryl methyl sites for hydroxylation is 1. The first-order valence-corrected chi connectivity index (χ1v) is 12.2. The Morgan fingerprint density at radius 2 is 1.62 bits per heavy atom. The predicted molar refractivity (Wildman–Crippen MR) is 139 cm³/mol. The van der Waals surface area contributed by atoms with E-state index in [1.54, 1.807) is 4.90 Å². The predicted octanol–water partition coefficient (Wildman–Crippen LogP) is 5.75. The van der Waals surface area contributed by atoms with E-state index in [9.17, 15) is 9.59 Å². The molecular formula is C29H33ClN2O2. The highest BCUT2D eigenvalue weighted by atomic mass is 35.5. The molecule has 5 heteroatoms. The molecule has 0 unspecified atom stereocenters. The molecule has 0 radical (unpaired) electrons. The molecule has 2 atom stereocenters. The molecule has 3 aromatic rings. The van der Waals surface area contributed by atoms with Gasteiger partial charge in [-0.3, -0.25) is 9.59 Å². The molecule has 0 aliphatic heterocycles. The van der Waals surface area contributed by atoms with E-state index in [2.05, 4.69) is 5.32 Å². The van der Waals surface area contributed by atoms with Crippen molar-refractivity contribution in [2.45, 2.75) is 58.7 Å². The van der Waals surface area contributed by atoms with E-state index in [1.165, 1.54) is 0 Å². The molecule has 0 aliphatic rings. The van der Waals surface area contributed by atoms with Crippen LogP contribution < -0.4 is 5.32 Å². The summed E-state index contributed by atoms with van der Waals surface area (Å²) < 4.78 is 0. The highest BCUT2D eigenvalue weighted by Crippen LogP contribution is 2.19. The van der Waals surface area contributed by atoms with Gasteiger partial charge in [0.25, 0.3) is 0 Å². The summed E-state index contributed by atoms with van der Waals surface area (Å²) in [6.07, 6.45) is 1.48. The average molecular weight is 477 g/mol. The van der Waals surface area contributed by atoms with Crippen LogP contribution in [0.15, 0.2) is 78.9 Å². The third kappa shape index (κ3) is 7.19. The number of hydrogen-bond acceptors (Lipinski definition) is 2. The third-order valence-electron chi connectivity index (χ3n) is 6.12. The summed E-state index contributed by atoms with van der Waals surface area (Å²) in [5.41, 5.74) is 3.92. The second-order valence-electron chi connectivity index (χ2n) is 8.78. The molecule has 2 amide bonds. The van der Waals surface area contributed by atoms with Crippen LogP contribution in [0.25, 0.3) is 0 Å². The number of carbonyl (C=O) groups excluding carboxylic acids is 2. The zero-order chi connectivity index (χ0) is 24.5. The van der Waals surface area contributed by atoms with Crippen LogP contribution in [0, 0.1) is 6.92 Å². The number of nitrogens with zero attached hydrogens (tertiary/aromatic N) is 1. The van der Waals surface area contributed by atoms with Crippen LogP contribution in [0.4, 0.5) is 0 Å². The number of rotatable bonds is 10. The molecule has 0 aromatic heterocycles. The van der Waals surface area contributed by atoms with E-state index in [0.29, 0.717) is 18.0 Å². The van der Waals surface area contributed by atoms with Crippen molar-refractivity contribution < 1.29 is 9.59 Å². The van der Waals surface area contributed by atoms with Crippen LogP contribution in [-0.2, 0) is 29.0 Å². The van der Waals surface area contributed by atoms with Gasteiger partial charge in [0.15, 0.2) is 0 Å². The summed E-state index contributed by atoms with van der Waals surface area (Å²) in [5, 5.41) is 3.70. The molecule has 0 heterocycles. The van der Waals surface area contributed by atoms with Crippen molar-refractivity contribution in [3.8, 4) is 0 Å². The van der Waals surface area contributed by atoms with Gasteiger partial charge in [0.1, 0.15) is 6.04 Å². The Bertz CT molecular complexity index is 1100. The molecule has 0 fully saturated rings. The van der Waals surface area contributed by atoms with Crippen molar-refractivity contribution in [1.29, 1.82) is 0 Å². The van der Waals surface area contributed by atoms with E-state index in [-0.39, 0.29) is 24.3 Å². The van der Waals surface area contributed by atoms with E-state index in [1.807, 2.05) is 99.6 Å². The van der Waals surface area contributed by atoms with Gasteiger partial charge in [-0.15, -0.1) is 0 Å². The normalized spacial score (nSPS) is 12.6. The third-order valence-corrected chi connectivity index (χ3v) is 6.35. The highest BCUT2D eigenvalue weighted by molar-refractivity contribution is 6.30. The molecule has 0 saturated heterocycles. The van der Waals surface area contributed by atoms with Crippen LogP contribution in [0.1, 0.15) is 42.5 Å². The van der Waals surface area contributed by atoms with Crippen LogP contribution in [0.5, 0.6) is 0 Å². The Kier molecular flexibility index (Phi) is 9.29. The maximum Gasteiger partial charge on any atom is 0.243 e. The lowest BCUT2D eigenvalue weighted by Crippen LogP contribution is -2.52. The van der Waals surface area contributed by atoms with Crippen molar-refractivity contribution in [3.63, 3.8) is 0 Å². The van der Waals surface area contributed by atoms with Gasteiger partial charge in [0, 0.05) is 24.0 Å². The number of hydrogen-bond donors (Lipinski definition) is 1. The summed E-state index contributed by atoms with van der Waals surface area (Å²) in [7, 11) is 0. The number of benzene rings is 3. The molecule has 0 saturated carbocycles. The van der Waals surface area contributed by atoms with E-state index < -0.39 is 6.04 Å². The largest absolute Gasteiger partial charge is 0.352 e. The van der Waals surface area contributed by atoms with Crippen molar-refractivity contribution in [1.82, 2.24) is 10.2 Å². The SMILES string of the molecule is CC[C@@H](C)NC(=O)[C@@H](Cc1ccccc1)N(Cc1cccc(Cl)c1)C(=O)Cc1ccccc1C. The lowest BCUT2D eigenvalue weighted by molar-refractivity contribution is -0.141. The summed E-state index contributed by atoms with van der Waals surface area (Å²) in [6, 6.07) is 24.5. The quantitative estimate of drug-likeness (QED) is 0.405. The average Bonchev–Trinajstić information content (AvgIpc) is 2.83. The summed E-state index contributed by atoms with van der Waals surface area (Å²) >= 11 is 6.24. The van der Waals surface area contributed by atoms with Gasteiger partial charge in [-0.05, 0) is 54.7 Å². The Morgan fingerprint density at radius 1 is 0.941 bits per heavy atom. The van der Waals surface area contributed by atoms with Crippen molar-refractivity contribution >= 4 is 23.4 Å². The first-order chi connectivity index (χ1) is 16.4. The Labute approximate surface area is 207 Å². The van der Waals surface area contributed by atoms with Crippen molar-refractivity contribution in [2.75, 3.05) is 0 Å². The fourth-order valence-electron chi connectivity index (χ4n) is 3.90. The standard InChI is InChI=1S/C29H33ClN2O2/c1-4-22(3)31-29(34)27(18-23-12-6-5-7-13-23)32(20-24-14-10-16-26(30)17-24)28(33)19-25-15-9-8-11-21(25)2/h5-17,22,27H,4,18-20H2,1-3H3,(H,31,34)/t22-,27-/m1/s1. The molecule has 3 aromatic carbocycles. The maximum absolute atomic E-state index is 13.8. The van der Waals surface area contributed by atoms with Crippen LogP contribution in [-0.4, -0.2) is 28.8 Å². The molecule has 0 aliphatic carbocycles. The summed E-state index contributed by atoms with van der Waals surface area (Å²) in [6.45, 7) is 6.32. The van der Waals surface area contributed by atoms with Crippen molar-refractivity contribution in [2.24, 2.45) is 0 Å². The van der Waals surface area contributed by atoms with Crippen molar-refractivity contribution in [3.05, 3.63) is 106 Å². The van der Waals surface area contributed by atoms with Gasteiger partial charge in [-0.25, -0.2) is 0 Å². The number of amides is 2. The maximum atomic E-state index is 13.8. The van der Waals surface area contributed by atoms with Crippen LogP contribution >= 0.6 is 11.6 Å². The van der Waals surface area contributed by atoms with Gasteiger partial charge >= 0.3 is 0 Å². The lowest BCUT2D eigenvalue weighted by Gasteiger charge is -2.32. The fourth-order valence-corrected chi connectivity index (χ4v) is 4.11. The monoisotopic (exact) mass is 476 g/mol. The van der Waals surface area contributed by atoms with E-state index in [0.717, 1.165) is 28.7 Å². The van der Waals surface area contributed by atoms with Gasteiger partial charge in [0.2, 0.25) is 11.8 Å². The Hall–Kier alpha value is -3.11. The van der Waals surface area contributed by atoms with E-state index >= 15 is 0 Å². The Morgan fingerprint density at radius 3 is 2.29 bits per heavy atom. The number of carbonyl (C=O) groups is 2. The molecule has 0 bridgehead atoms. The molecular weight excluding hydrogens is 444 g/mol. The minimum Gasteiger partial charge on any atom is -0.352 e. The van der Waals surface area contributed by atoms with E-state index in [4.69, 9.17) is 11.6 Å². The number of nitrogens with one attached hydrogen (secondary N) is 1. The van der Waals surface area contributed by atoms with Gasteiger partial charge < -0.3 is 10.2 Å². The molecule has 3 rings (SSSR count). The zero-order valence-corrected chi connectivity index (χ0v) is 20.9. The van der Waals surface area contributed by atoms with Gasteiger partial charge in [-0.2, -0.15) is 0 Å². The molecule has 34 heavy (non-hydrogen) atoms. The number of halogens is 1. The Balaban J connectivity index is 1.98. The highest BCUT2D eigenvalue weighted by Gasteiger charge is 2.31. The zero-order valence-electron chi connectivity index (χ0n) is 20.1. The molecule has 4 nitrogen and oxygen atoms in total. The van der Waals surface area contributed by atoms with Gasteiger partial charge in [-0.1, -0.05) is 85.3 Å². The molecule has 178 valence electrons. The molecule has 0 spiro atoms. The van der Waals surface area contributed by atoms with Gasteiger partial charge in [0.05, 0.1) is 6.42 Å². The second kappa shape index (κ2) is 12.4. The first-order valence-electron chi connectivity index (χ1n) is 11.8. The molecule has 1 N–H and O–H groups in total.